The Morgan fingerprint density at radius 2 is 2.03 bits per heavy atom. The van der Waals surface area contributed by atoms with Crippen LogP contribution in [0.5, 0.6) is 0 Å². The minimum Gasteiger partial charge on any atom is -0.347 e. The van der Waals surface area contributed by atoms with Crippen molar-refractivity contribution >= 4 is 15.7 Å². The van der Waals surface area contributed by atoms with Gasteiger partial charge in [0.15, 0.2) is 15.5 Å². The lowest BCUT2D eigenvalue weighted by molar-refractivity contribution is 0.0945. The molecule has 1 fully saturated rings. The molecule has 2 aromatic heterocycles. The SMILES string of the molecule is Cc1ccc(-c2cc(C(=O)NCc3cccnc3)nn2C2CCS(=O)(=O)C2)cc1. The molecule has 0 radical (unpaired) electrons. The molecule has 1 N–H and O–H groups in total. The topological polar surface area (TPSA) is 93.9 Å². The van der Waals surface area contributed by atoms with Gasteiger partial charge in [-0.25, -0.2) is 8.42 Å². The zero-order valence-corrected chi connectivity index (χ0v) is 16.9. The van der Waals surface area contributed by atoms with E-state index in [1.54, 1.807) is 23.1 Å². The quantitative estimate of drug-likeness (QED) is 0.698. The van der Waals surface area contributed by atoms with Crippen molar-refractivity contribution in [3.8, 4) is 11.3 Å². The highest BCUT2D eigenvalue weighted by Crippen LogP contribution is 2.30. The zero-order valence-electron chi connectivity index (χ0n) is 16.1. The highest BCUT2D eigenvalue weighted by Gasteiger charge is 2.32. The van der Waals surface area contributed by atoms with Crippen LogP contribution in [0.15, 0.2) is 54.9 Å². The number of benzene rings is 1. The Labute approximate surface area is 169 Å². The van der Waals surface area contributed by atoms with E-state index in [0.29, 0.717) is 13.0 Å². The molecule has 1 amide bonds. The third-order valence-corrected chi connectivity index (χ3v) is 6.80. The number of nitrogens with one attached hydrogen (secondary N) is 1. The van der Waals surface area contributed by atoms with E-state index in [1.165, 1.54) is 0 Å². The van der Waals surface area contributed by atoms with Gasteiger partial charge in [0.05, 0.1) is 23.2 Å². The van der Waals surface area contributed by atoms with E-state index in [4.69, 9.17) is 0 Å². The standard InChI is InChI=1S/C21H22N4O3S/c1-15-4-6-17(7-5-15)20-11-19(21(26)23-13-16-3-2-9-22-12-16)24-25(20)18-8-10-29(27,28)14-18/h2-7,9,11-12,18H,8,10,13-14H2,1H3,(H,23,26). The van der Waals surface area contributed by atoms with Crippen LogP contribution in [0, 0.1) is 6.92 Å². The zero-order chi connectivity index (χ0) is 20.4. The van der Waals surface area contributed by atoms with Crippen LogP contribution in [0.25, 0.3) is 11.3 Å². The molecule has 3 heterocycles. The fourth-order valence-corrected chi connectivity index (χ4v) is 5.16. The molecule has 1 aliphatic heterocycles. The second-order valence-corrected chi connectivity index (χ2v) is 9.55. The van der Waals surface area contributed by atoms with Gasteiger partial charge in [-0.2, -0.15) is 5.10 Å². The molecule has 1 saturated heterocycles. The minimum absolute atomic E-state index is 0.0459. The van der Waals surface area contributed by atoms with E-state index in [1.807, 2.05) is 43.3 Å². The molecule has 0 saturated carbocycles. The van der Waals surface area contributed by atoms with Crippen molar-refractivity contribution in [1.29, 1.82) is 0 Å². The fraction of sp³-hybridized carbons (Fsp3) is 0.286. The second-order valence-electron chi connectivity index (χ2n) is 7.33. The number of hydrogen-bond donors (Lipinski definition) is 1. The van der Waals surface area contributed by atoms with Gasteiger partial charge in [0.2, 0.25) is 0 Å². The maximum absolute atomic E-state index is 12.7. The predicted octanol–water partition coefficient (Wildman–Crippen LogP) is 2.54. The molecule has 29 heavy (non-hydrogen) atoms. The van der Waals surface area contributed by atoms with Crippen molar-refractivity contribution in [2.45, 2.75) is 25.9 Å². The summed E-state index contributed by atoms with van der Waals surface area (Å²) < 4.78 is 25.7. The summed E-state index contributed by atoms with van der Waals surface area (Å²) in [4.78, 5) is 16.7. The lowest BCUT2D eigenvalue weighted by Crippen LogP contribution is -2.24. The van der Waals surface area contributed by atoms with Crippen LogP contribution in [0.1, 0.15) is 34.1 Å². The first kappa shape index (κ1) is 19.3. The lowest BCUT2D eigenvalue weighted by Gasteiger charge is -2.13. The van der Waals surface area contributed by atoms with Gasteiger partial charge in [-0.3, -0.25) is 14.5 Å². The van der Waals surface area contributed by atoms with Crippen LogP contribution in [0.3, 0.4) is 0 Å². The van der Waals surface area contributed by atoms with Crippen LogP contribution in [0.2, 0.25) is 0 Å². The number of nitrogens with zero attached hydrogens (tertiary/aromatic N) is 3. The first-order valence-corrected chi connectivity index (χ1v) is 11.3. The molecule has 0 bridgehead atoms. The Morgan fingerprint density at radius 1 is 1.24 bits per heavy atom. The third-order valence-electron chi connectivity index (χ3n) is 5.05. The summed E-state index contributed by atoms with van der Waals surface area (Å²) in [7, 11) is -3.07. The van der Waals surface area contributed by atoms with Gasteiger partial charge in [0, 0.05) is 18.9 Å². The van der Waals surface area contributed by atoms with Gasteiger partial charge in [0.25, 0.3) is 5.91 Å². The molecule has 7 nitrogen and oxygen atoms in total. The van der Waals surface area contributed by atoms with Gasteiger partial charge < -0.3 is 5.32 Å². The number of carbonyl (C=O) groups is 1. The largest absolute Gasteiger partial charge is 0.347 e. The van der Waals surface area contributed by atoms with Gasteiger partial charge in [-0.1, -0.05) is 35.9 Å². The number of aromatic nitrogens is 3. The summed E-state index contributed by atoms with van der Waals surface area (Å²) in [5.41, 5.74) is 3.93. The van der Waals surface area contributed by atoms with Crippen LogP contribution in [-0.4, -0.2) is 40.6 Å². The number of rotatable bonds is 5. The van der Waals surface area contributed by atoms with E-state index in [-0.39, 0.29) is 29.1 Å². The Kier molecular flexibility index (Phi) is 5.19. The van der Waals surface area contributed by atoms with E-state index in [9.17, 15) is 13.2 Å². The van der Waals surface area contributed by atoms with Crippen LogP contribution in [-0.2, 0) is 16.4 Å². The van der Waals surface area contributed by atoms with E-state index in [2.05, 4.69) is 15.4 Å². The summed E-state index contributed by atoms with van der Waals surface area (Å²) in [6.07, 6.45) is 3.87. The third kappa shape index (κ3) is 4.37. The first-order chi connectivity index (χ1) is 13.9. The molecule has 3 aromatic rings. The van der Waals surface area contributed by atoms with Gasteiger partial charge in [0.1, 0.15) is 0 Å². The summed E-state index contributed by atoms with van der Waals surface area (Å²) in [6, 6.07) is 13.1. The Bertz CT molecular complexity index is 1120. The molecule has 8 heteroatoms. The van der Waals surface area contributed by atoms with Crippen LogP contribution in [0.4, 0.5) is 0 Å². The molecule has 1 aliphatic rings. The van der Waals surface area contributed by atoms with Crippen molar-refractivity contribution in [3.63, 3.8) is 0 Å². The summed E-state index contributed by atoms with van der Waals surface area (Å²) in [5, 5.41) is 7.34. The maximum Gasteiger partial charge on any atom is 0.272 e. The number of amides is 1. The number of aryl methyl sites for hydroxylation is 1. The highest BCUT2D eigenvalue weighted by molar-refractivity contribution is 7.91. The predicted molar refractivity (Wildman–Crippen MR) is 110 cm³/mol. The minimum atomic E-state index is -3.07. The second kappa shape index (κ2) is 7.79. The van der Waals surface area contributed by atoms with Crippen LogP contribution >= 0.6 is 0 Å². The molecule has 1 atom stereocenters. The molecular weight excluding hydrogens is 388 g/mol. The van der Waals surface area contributed by atoms with Crippen LogP contribution < -0.4 is 5.32 Å². The van der Waals surface area contributed by atoms with Crippen molar-refractivity contribution in [3.05, 3.63) is 71.7 Å². The molecule has 0 aliphatic carbocycles. The average Bonchev–Trinajstić information content (AvgIpc) is 3.31. The Hall–Kier alpha value is -3.00. The molecule has 1 aromatic carbocycles. The van der Waals surface area contributed by atoms with E-state index in [0.717, 1.165) is 22.4 Å². The highest BCUT2D eigenvalue weighted by atomic mass is 32.2. The Balaban J connectivity index is 1.63. The van der Waals surface area contributed by atoms with Gasteiger partial charge in [-0.05, 0) is 36.6 Å². The van der Waals surface area contributed by atoms with Crippen molar-refractivity contribution in [2.24, 2.45) is 0 Å². The Morgan fingerprint density at radius 3 is 2.69 bits per heavy atom. The monoisotopic (exact) mass is 410 g/mol. The first-order valence-electron chi connectivity index (χ1n) is 9.45. The average molecular weight is 410 g/mol. The molecule has 4 rings (SSSR count). The number of hydrogen-bond acceptors (Lipinski definition) is 5. The lowest BCUT2D eigenvalue weighted by atomic mass is 10.1. The molecular formula is C21H22N4O3S. The maximum atomic E-state index is 12.7. The van der Waals surface area contributed by atoms with Gasteiger partial charge >= 0.3 is 0 Å². The van der Waals surface area contributed by atoms with E-state index < -0.39 is 9.84 Å². The van der Waals surface area contributed by atoms with Crippen molar-refractivity contribution < 1.29 is 13.2 Å². The summed E-state index contributed by atoms with van der Waals surface area (Å²) in [5.74, 6) is -0.112. The smallest absolute Gasteiger partial charge is 0.272 e. The van der Waals surface area contributed by atoms with E-state index >= 15 is 0 Å². The molecule has 150 valence electrons. The van der Waals surface area contributed by atoms with Crippen molar-refractivity contribution in [1.82, 2.24) is 20.1 Å². The molecule has 1 unspecified atom stereocenters. The number of pyridine rings is 1. The summed E-state index contributed by atoms with van der Waals surface area (Å²) >= 11 is 0. The fourth-order valence-electron chi connectivity index (χ4n) is 3.47. The van der Waals surface area contributed by atoms with Crippen molar-refractivity contribution in [2.75, 3.05) is 11.5 Å². The molecule has 0 spiro atoms. The number of sulfone groups is 1. The normalized spacial score (nSPS) is 17.9. The summed E-state index contributed by atoms with van der Waals surface area (Å²) in [6.45, 7) is 2.35. The van der Waals surface area contributed by atoms with Gasteiger partial charge in [-0.15, -0.1) is 0 Å². The number of carbonyl (C=O) groups excluding carboxylic acids is 1.